The molecule has 0 saturated carbocycles. The van der Waals surface area contributed by atoms with E-state index in [-0.39, 0.29) is 24.1 Å². The van der Waals surface area contributed by atoms with E-state index in [1.54, 1.807) is 20.8 Å². The number of ether oxygens (including phenoxy) is 5. The van der Waals surface area contributed by atoms with Crippen molar-refractivity contribution in [1.29, 1.82) is 0 Å². The number of benzene rings is 2. The highest BCUT2D eigenvalue weighted by Gasteiger charge is 2.22. The topological polar surface area (TPSA) is 138 Å². The number of methoxy groups -OCH3 is 1. The first kappa shape index (κ1) is 40.9. The van der Waals surface area contributed by atoms with Gasteiger partial charge in [0.15, 0.2) is 5.78 Å². The third kappa shape index (κ3) is 14.7. The number of ketones is 1. The third-order valence-electron chi connectivity index (χ3n) is 8.22. The highest BCUT2D eigenvalue weighted by molar-refractivity contribution is 5.99. The summed E-state index contributed by atoms with van der Waals surface area (Å²) >= 11 is 0. The number of Topliss-reactive ketones (excluding diaryl/α,β-unsaturated/α-hetero) is 1. The number of amides is 2. The number of hydrogen-bond donors (Lipinski definition) is 2. The van der Waals surface area contributed by atoms with E-state index in [0.717, 1.165) is 60.1 Å². The second-order valence-corrected chi connectivity index (χ2v) is 13.5. The number of esters is 1. The number of alkyl carbamates (subject to hydrolysis) is 1. The minimum Gasteiger partial charge on any atom is -0.493 e. The number of carbonyl (C=O) groups is 4. The van der Waals surface area contributed by atoms with Crippen LogP contribution in [0.4, 0.5) is 4.79 Å². The predicted molar refractivity (Wildman–Crippen MR) is 196 cm³/mol. The van der Waals surface area contributed by atoms with E-state index in [1.807, 2.05) is 36.4 Å². The minimum absolute atomic E-state index is 0.0966. The largest absolute Gasteiger partial charge is 0.493 e. The molecule has 51 heavy (non-hydrogen) atoms. The lowest BCUT2D eigenvalue weighted by Gasteiger charge is -2.21. The lowest BCUT2D eigenvalue weighted by Crippen LogP contribution is -2.34. The summed E-state index contributed by atoms with van der Waals surface area (Å²) in [5, 5.41) is 5.52. The van der Waals surface area contributed by atoms with Gasteiger partial charge < -0.3 is 34.3 Å². The van der Waals surface area contributed by atoms with Gasteiger partial charge in [-0.25, -0.2) is 4.79 Å². The fourth-order valence-corrected chi connectivity index (χ4v) is 5.74. The lowest BCUT2D eigenvalue weighted by molar-refractivity contribution is -0.140. The van der Waals surface area contributed by atoms with Crippen LogP contribution < -0.4 is 24.8 Å². The van der Waals surface area contributed by atoms with Crippen molar-refractivity contribution in [2.75, 3.05) is 40.0 Å². The summed E-state index contributed by atoms with van der Waals surface area (Å²) in [5.74, 6) is 1.88. The summed E-state index contributed by atoms with van der Waals surface area (Å²) in [6.07, 6.45) is 8.94. The Hall–Kier alpha value is -4.54. The van der Waals surface area contributed by atoms with Crippen molar-refractivity contribution in [2.45, 2.75) is 103 Å². The van der Waals surface area contributed by atoms with Gasteiger partial charge in [0.2, 0.25) is 5.91 Å². The van der Waals surface area contributed by atoms with Gasteiger partial charge in [-0.05, 0) is 108 Å². The van der Waals surface area contributed by atoms with E-state index in [0.29, 0.717) is 82.9 Å². The van der Waals surface area contributed by atoms with Crippen molar-refractivity contribution in [3.05, 3.63) is 65.2 Å². The summed E-state index contributed by atoms with van der Waals surface area (Å²) < 4.78 is 28.4. The summed E-state index contributed by atoms with van der Waals surface area (Å²) in [6, 6.07) is 9.38. The molecule has 0 fully saturated rings. The molecule has 0 aliphatic heterocycles. The first-order chi connectivity index (χ1) is 24.5. The first-order valence-electron chi connectivity index (χ1n) is 18.1. The Balaban J connectivity index is 1.41. The fourth-order valence-electron chi connectivity index (χ4n) is 5.74. The third-order valence-corrected chi connectivity index (χ3v) is 8.22. The van der Waals surface area contributed by atoms with Gasteiger partial charge in [0, 0.05) is 49.0 Å². The van der Waals surface area contributed by atoms with Crippen LogP contribution in [0.3, 0.4) is 0 Å². The Kier molecular flexibility index (Phi) is 17.3. The monoisotopic (exact) mass is 708 g/mol. The molecule has 2 amide bonds. The molecule has 1 aliphatic rings. The zero-order valence-electron chi connectivity index (χ0n) is 30.9. The SMILES string of the molecule is C=CCc1c(OCCCCCOc2cccc(OCCCC(=O)NCCCNC(=O)OC(C)(C)C)c2CCC(=O)OC)ccc2c1CCCC2=O. The molecule has 1 aliphatic carbocycles. The molecule has 0 heterocycles. The average molecular weight is 709 g/mol. The van der Waals surface area contributed by atoms with Crippen LogP contribution in [0.25, 0.3) is 0 Å². The van der Waals surface area contributed by atoms with Gasteiger partial charge in [-0.2, -0.15) is 0 Å². The maximum Gasteiger partial charge on any atom is 0.407 e. The zero-order valence-corrected chi connectivity index (χ0v) is 30.9. The van der Waals surface area contributed by atoms with Crippen molar-refractivity contribution in [3.8, 4) is 17.2 Å². The molecule has 0 saturated heterocycles. The number of allylic oxidation sites excluding steroid dienone is 1. The van der Waals surface area contributed by atoms with Gasteiger partial charge in [-0.3, -0.25) is 14.4 Å². The number of nitrogens with one attached hydrogen (secondary N) is 2. The summed E-state index contributed by atoms with van der Waals surface area (Å²) in [5.41, 5.74) is 3.23. The van der Waals surface area contributed by atoms with Gasteiger partial charge in [-0.1, -0.05) is 12.1 Å². The standard InChI is InChI=1S/C40H56N2O9/c1-6-14-31-29-15-10-16-33(43)30(29)20-22-36(31)49-27-9-7-8-26-48-34-17-11-18-35(32(34)21-23-38(45)47-5)50-28-12-19-37(44)41-24-13-25-42-39(46)51-40(2,3)4/h6,11,17-18,20,22H,1,7-10,12-16,19,21,23-28H2,2-5H3,(H,41,44)(H,42,46). The summed E-state index contributed by atoms with van der Waals surface area (Å²) in [4.78, 5) is 48.3. The maximum atomic E-state index is 12.4. The molecule has 2 N–H and O–H groups in total. The average Bonchev–Trinajstić information content (AvgIpc) is 3.09. The molecule has 2 aromatic carbocycles. The van der Waals surface area contributed by atoms with Gasteiger partial charge in [0.05, 0.1) is 26.9 Å². The van der Waals surface area contributed by atoms with E-state index >= 15 is 0 Å². The van der Waals surface area contributed by atoms with Crippen LogP contribution in [-0.4, -0.2) is 69.4 Å². The van der Waals surface area contributed by atoms with Gasteiger partial charge >= 0.3 is 12.1 Å². The van der Waals surface area contributed by atoms with Crippen molar-refractivity contribution in [3.63, 3.8) is 0 Å². The predicted octanol–water partition coefficient (Wildman–Crippen LogP) is 6.86. The van der Waals surface area contributed by atoms with Gasteiger partial charge in [0.1, 0.15) is 22.8 Å². The normalized spacial score (nSPS) is 12.4. The van der Waals surface area contributed by atoms with Crippen LogP contribution >= 0.6 is 0 Å². The van der Waals surface area contributed by atoms with Gasteiger partial charge in [0.25, 0.3) is 0 Å². The second kappa shape index (κ2) is 21.6. The van der Waals surface area contributed by atoms with E-state index in [1.165, 1.54) is 7.11 Å². The van der Waals surface area contributed by atoms with Gasteiger partial charge in [-0.15, -0.1) is 6.58 Å². The number of fused-ring (bicyclic) bond motifs is 1. The highest BCUT2D eigenvalue weighted by Crippen LogP contribution is 2.33. The lowest BCUT2D eigenvalue weighted by atomic mass is 9.86. The number of unbranched alkanes of at least 4 members (excludes halogenated alkanes) is 2. The molecule has 0 radical (unpaired) electrons. The molecule has 0 bridgehead atoms. The maximum absolute atomic E-state index is 12.4. The molecule has 2 aromatic rings. The number of carbonyl (C=O) groups excluding carboxylic acids is 4. The molecule has 11 heteroatoms. The molecule has 280 valence electrons. The molecule has 0 aromatic heterocycles. The van der Waals surface area contributed by atoms with Crippen LogP contribution in [-0.2, 0) is 38.3 Å². The van der Waals surface area contributed by atoms with Crippen LogP contribution in [0.5, 0.6) is 17.2 Å². The Morgan fingerprint density at radius 2 is 1.45 bits per heavy atom. The fraction of sp³-hybridized carbons (Fsp3) is 0.550. The summed E-state index contributed by atoms with van der Waals surface area (Å²) in [7, 11) is 1.36. The highest BCUT2D eigenvalue weighted by atomic mass is 16.6. The van der Waals surface area contributed by atoms with E-state index in [4.69, 9.17) is 23.7 Å². The molecule has 3 rings (SSSR count). The smallest absolute Gasteiger partial charge is 0.407 e. The number of hydrogen-bond acceptors (Lipinski definition) is 9. The molecule has 0 atom stereocenters. The van der Waals surface area contributed by atoms with Crippen molar-refractivity contribution in [1.82, 2.24) is 10.6 Å². The second-order valence-electron chi connectivity index (χ2n) is 13.5. The van der Waals surface area contributed by atoms with Crippen LogP contribution in [0.15, 0.2) is 43.0 Å². The Morgan fingerprint density at radius 3 is 2.10 bits per heavy atom. The first-order valence-corrected chi connectivity index (χ1v) is 18.1. The van der Waals surface area contributed by atoms with Crippen LogP contribution in [0, 0.1) is 0 Å². The van der Waals surface area contributed by atoms with Crippen molar-refractivity contribution >= 4 is 23.8 Å². The van der Waals surface area contributed by atoms with Crippen LogP contribution in [0.2, 0.25) is 0 Å². The summed E-state index contributed by atoms with van der Waals surface area (Å²) in [6.45, 7) is 11.5. The molecular weight excluding hydrogens is 652 g/mol. The Morgan fingerprint density at radius 1 is 0.804 bits per heavy atom. The molecule has 0 unspecified atom stereocenters. The Bertz CT molecular complexity index is 1460. The van der Waals surface area contributed by atoms with E-state index in [9.17, 15) is 19.2 Å². The number of rotatable bonds is 22. The van der Waals surface area contributed by atoms with Crippen LogP contribution in [0.1, 0.15) is 106 Å². The van der Waals surface area contributed by atoms with E-state index in [2.05, 4.69) is 17.2 Å². The van der Waals surface area contributed by atoms with E-state index < -0.39 is 11.7 Å². The Labute approximate surface area is 302 Å². The molecular formula is C40H56N2O9. The molecule has 0 spiro atoms. The van der Waals surface area contributed by atoms with Crippen molar-refractivity contribution < 1.29 is 42.9 Å². The van der Waals surface area contributed by atoms with Crippen molar-refractivity contribution in [2.24, 2.45) is 0 Å². The zero-order chi connectivity index (χ0) is 37.1. The minimum atomic E-state index is -0.556. The molecule has 11 nitrogen and oxygen atoms in total. The quantitative estimate of drug-likeness (QED) is 0.0764.